The van der Waals surface area contributed by atoms with Crippen molar-refractivity contribution in [3.05, 3.63) is 0 Å². The van der Waals surface area contributed by atoms with Crippen molar-refractivity contribution in [1.82, 2.24) is 0 Å². The van der Waals surface area contributed by atoms with Crippen LogP contribution in [0.4, 0.5) is 0 Å². The zero-order valence-corrected chi connectivity index (χ0v) is 13.4. The Hall–Kier alpha value is -0.0800. The molecule has 0 aromatic carbocycles. The van der Waals surface area contributed by atoms with Gasteiger partial charge < -0.3 is 11.5 Å². The summed E-state index contributed by atoms with van der Waals surface area (Å²) in [6.45, 7) is 9.67. The molecule has 112 valence electrons. The van der Waals surface area contributed by atoms with Gasteiger partial charge in [-0.15, -0.1) is 0 Å². The van der Waals surface area contributed by atoms with E-state index in [1.54, 1.807) is 0 Å². The largest absolute Gasteiger partial charge is 0.327 e. The van der Waals surface area contributed by atoms with Crippen LogP contribution in [0.3, 0.4) is 0 Å². The van der Waals surface area contributed by atoms with Crippen LogP contribution in [-0.2, 0) is 0 Å². The first-order chi connectivity index (χ1) is 8.73. The third-order valence-electron chi connectivity index (χ3n) is 6.11. The molecule has 2 aliphatic carbocycles. The van der Waals surface area contributed by atoms with Crippen LogP contribution in [0, 0.1) is 22.7 Å². The molecule has 4 N–H and O–H groups in total. The fourth-order valence-electron chi connectivity index (χ4n) is 5.01. The molecule has 6 unspecified atom stereocenters. The lowest BCUT2D eigenvalue weighted by Crippen LogP contribution is -2.44. The van der Waals surface area contributed by atoms with Gasteiger partial charge in [0.15, 0.2) is 0 Å². The summed E-state index contributed by atoms with van der Waals surface area (Å²) in [5, 5.41) is 0. The predicted octanol–water partition coefficient (Wildman–Crippen LogP) is 3.68. The van der Waals surface area contributed by atoms with Gasteiger partial charge in [0.05, 0.1) is 0 Å². The fourth-order valence-corrected chi connectivity index (χ4v) is 5.01. The maximum absolute atomic E-state index is 6.19. The Morgan fingerprint density at radius 1 is 0.842 bits per heavy atom. The highest BCUT2D eigenvalue weighted by Crippen LogP contribution is 2.51. The summed E-state index contributed by atoms with van der Waals surface area (Å²) in [5.74, 6) is 1.37. The van der Waals surface area contributed by atoms with E-state index >= 15 is 0 Å². The quantitative estimate of drug-likeness (QED) is 0.801. The number of rotatable bonds is 2. The SMILES string of the molecule is CC1CC(C)(CC2(C)CCC(N)C(C)C2)CCC1N. The lowest BCUT2D eigenvalue weighted by Gasteiger charge is -2.48. The molecule has 0 radical (unpaired) electrons. The van der Waals surface area contributed by atoms with Crippen molar-refractivity contribution in [1.29, 1.82) is 0 Å². The first kappa shape index (κ1) is 15.3. The van der Waals surface area contributed by atoms with Gasteiger partial charge in [0.2, 0.25) is 0 Å². The van der Waals surface area contributed by atoms with Crippen molar-refractivity contribution in [3.63, 3.8) is 0 Å². The summed E-state index contributed by atoms with van der Waals surface area (Å²) in [6.07, 6.45) is 9.04. The Morgan fingerprint density at radius 3 is 1.53 bits per heavy atom. The molecular weight excluding hydrogens is 232 g/mol. The lowest BCUT2D eigenvalue weighted by molar-refractivity contribution is 0.0398. The van der Waals surface area contributed by atoms with E-state index in [1.165, 1.54) is 44.9 Å². The molecule has 0 aromatic heterocycles. The molecule has 2 heteroatoms. The van der Waals surface area contributed by atoms with E-state index in [4.69, 9.17) is 11.5 Å². The minimum Gasteiger partial charge on any atom is -0.327 e. The van der Waals surface area contributed by atoms with Crippen LogP contribution in [-0.4, -0.2) is 12.1 Å². The Bertz CT molecular complexity index is 286. The molecule has 0 bridgehead atoms. The van der Waals surface area contributed by atoms with Crippen molar-refractivity contribution in [2.24, 2.45) is 34.1 Å². The molecule has 0 amide bonds. The summed E-state index contributed by atoms with van der Waals surface area (Å²) >= 11 is 0. The zero-order valence-electron chi connectivity index (χ0n) is 13.4. The third-order valence-corrected chi connectivity index (χ3v) is 6.11. The van der Waals surface area contributed by atoms with E-state index in [-0.39, 0.29) is 0 Å². The van der Waals surface area contributed by atoms with Gasteiger partial charge >= 0.3 is 0 Å². The molecule has 2 rings (SSSR count). The van der Waals surface area contributed by atoms with Gasteiger partial charge in [-0.25, -0.2) is 0 Å². The average molecular weight is 266 g/mol. The normalized spacial score (nSPS) is 52.1. The smallest absolute Gasteiger partial charge is 0.00649 e. The predicted molar refractivity (Wildman–Crippen MR) is 82.8 cm³/mol. The van der Waals surface area contributed by atoms with E-state index in [9.17, 15) is 0 Å². The van der Waals surface area contributed by atoms with Crippen LogP contribution in [0.1, 0.15) is 72.6 Å². The second-order valence-electron chi connectivity index (χ2n) is 8.57. The summed E-state index contributed by atoms with van der Waals surface area (Å²) in [7, 11) is 0. The molecular formula is C17H34N2. The van der Waals surface area contributed by atoms with E-state index in [0.29, 0.717) is 34.7 Å². The Morgan fingerprint density at radius 2 is 1.21 bits per heavy atom. The highest BCUT2D eigenvalue weighted by molar-refractivity contribution is 4.95. The Labute approximate surface area is 119 Å². The molecule has 2 fully saturated rings. The van der Waals surface area contributed by atoms with Crippen molar-refractivity contribution in [3.8, 4) is 0 Å². The van der Waals surface area contributed by atoms with Crippen LogP contribution in [0.5, 0.6) is 0 Å². The molecule has 2 aliphatic rings. The van der Waals surface area contributed by atoms with Crippen molar-refractivity contribution in [2.75, 3.05) is 0 Å². The summed E-state index contributed by atoms with van der Waals surface area (Å²) < 4.78 is 0. The molecule has 2 saturated carbocycles. The van der Waals surface area contributed by atoms with E-state index < -0.39 is 0 Å². The molecule has 2 nitrogen and oxygen atoms in total. The molecule has 19 heavy (non-hydrogen) atoms. The van der Waals surface area contributed by atoms with Crippen molar-refractivity contribution >= 4 is 0 Å². The summed E-state index contributed by atoms with van der Waals surface area (Å²) in [4.78, 5) is 0. The third kappa shape index (κ3) is 3.52. The fraction of sp³-hybridized carbons (Fsp3) is 1.00. The number of hydrogen-bond acceptors (Lipinski definition) is 2. The average Bonchev–Trinajstić information content (AvgIpc) is 2.29. The topological polar surface area (TPSA) is 52.0 Å². The van der Waals surface area contributed by atoms with Crippen molar-refractivity contribution < 1.29 is 0 Å². The first-order valence-corrected chi connectivity index (χ1v) is 8.24. The molecule has 0 spiro atoms. The van der Waals surface area contributed by atoms with Crippen LogP contribution < -0.4 is 11.5 Å². The van der Waals surface area contributed by atoms with Crippen LogP contribution >= 0.6 is 0 Å². The summed E-state index contributed by atoms with van der Waals surface area (Å²) in [6, 6.07) is 0.860. The lowest BCUT2D eigenvalue weighted by atomic mass is 9.58. The zero-order chi connectivity index (χ0) is 14.3. The van der Waals surface area contributed by atoms with E-state index in [1.807, 2.05) is 0 Å². The molecule has 0 aliphatic heterocycles. The highest BCUT2D eigenvalue weighted by Gasteiger charge is 2.42. The maximum atomic E-state index is 6.19. The Balaban J connectivity index is 1.99. The minimum absolute atomic E-state index is 0.430. The second-order valence-corrected chi connectivity index (χ2v) is 8.57. The van der Waals surface area contributed by atoms with Gasteiger partial charge in [0.25, 0.3) is 0 Å². The molecule has 6 atom stereocenters. The van der Waals surface area contributed by atoms with Crippen LogP contribution in [0.25, 0.3) is 0 Å². The van der Waals surface area contributed by atoms with Gasteiger partial charge in [-0.2, -0.15) is 0 Å². The number of hydrogen-bond donors (Lipinski definition) is 2. The highest BCUT2D eigenvalue weighted by atomic mass is 14.7. The van der Waals surface area contributed by atoms with Gasteiger partial charge in [-0.05, 0) is 67.6 Å². The second kappa shape index (κ2) is 5.37. The summed E-state index contributed by atoms with van der Waals surface area (Å²) in [5.41, 5.74) is 13.4. The van der Waals surface area contributed by atoms with Gasteiger partial charge in [0.1, 0.15) is 0 Å². The monoisotopic (exact) mass is 266 g/mol. The van der Waals surface area contributed by atoms with Crippen LogP contribution in [0.2, 0.25) is 0 Å². The first-order valence-electron chi connectivity index (χ1n) is 8.24. The Kier molecular flexibility index (Phi) is 4.32. The van der Waals surface area contributed by atoms with E-state index in [2.05, 4.69) is 27.7 Å². The van der Waals surface area contributed by atoms with Gasteiger partial charge in [-0.3, -0.25) is 0 Å². The molecule has 0 heterocycles. The van der Waals surface area contributed by atoms with Crippen molar-refractivity contribution in [2.45, 2.75) is 84.7 Å². The van der Waals surface area contributed by atoms with Gasteiger partial charge in [-0.1, -0.05) is 27.7 Å². The molecule has 0 aromatic rings. The van der Waals surface area contributed by atoms with E-state index in [0.717, 1.165) is 0 Å². The molecule has 0 saturated heterocycles. The standard InChI is InChI=1S/C17H34N2/c1-12-9-16(3,7-5-14(12)18)11-17(4)8-6-15(19)13(2)10-17/h12-15H,5-11,18-19H2,1-4H3. The number of nitrogens with two attached hydrogens (primary N) is 2. The maximum Gasteiger partial charge on any atom is 0.00649 e. The minimum atomic E-state index is 0.430. The van der Waals surface area contributed by atoms with Gasteiger partial charge in [0, 0.05) is 12.1 Å². The van der Waals surface area contributed by atoms with Crippen LogP contribution in [0.15, 0.2) is 0 Å².